The molecule has 1 saturated carbocycles. The van der Waals surface area contributed by atoms with E-state index in [4.69, 9.17) is 0 Å². The molecule has 0 heterocycles. The minimum atomic E-state index is -1.06. The third-order valence-corrected chi connectivity index (χ3v) is 8.61. The monoisotopic (exact) mass is 508 g/mol. The van der Waals surface area contributed by atoms with E-state index in [0.29, 0.717) is 29.9 Å². The van der Waals surface area contributed by atoms with E-state index < -0.39 is 11.0 Å². The molecule has 3 nitrogen and oxygen atoms in total. The smallest absolute Gasteiger partial charge is 0.0968 e. The summed E-state index contributed by atoms with van der Waals surface area (Å²) in [6, 6.07) is 9.08. The van der Waals surface area contributed by atoms with Gasteiger partial charge in [0.1, 0.15) is 0 Å². The van der Waals surface area contributed by atoms with Crippen molar-refractivity contribution in [1.29, 1.82) is 0 Å². The Kier molecular flexibility index (Phi) is 13.7. The van der Waals surface area contributed by atoms with Crippen LogP contribution in [0.15, 0.2) is 47.8 Å². The number of nitrogens with one attached hydrogen (secondary N) is 2. The molecule has 192 valence electrons. The zero-order chi connectivity index (χ0) is 24.9. The molecule has 0 aliphatic heterocycles. The summed E-state index contributed by atoms with van der Waals surface area (Å²) in [4.78, 5) is 0. The fourth-order valence-electron chi connectivity index (χ4n) is 4.47. The fraction of sp³-hybridized carbons (Fsp3) is 0.643. The van der Waals surface area contributed by atoms with Crippen LogP contribution in [0.3, 0.4) is 0 Å². The van der Waals surface area contributed by atoms with Gasteiger partial charge in [0.25, 0.3) is 0 Å². The predicted octanol–water partition coefficient (Wildman–Crippen LogP) is 7.25. The Balaban J connectivity index is 1.67. The third kappa shape index (κ3) is 11.7. The number of rotatable bonds is 14. The summed E-state index contributed by atoms with van der Waals surface area (Å²) in [6.45, 7) is 12.0. The van der Waals surface area contributed by atoms with E-state index in [1.165, 1.54) is 49.8 Å². The van der Waals surface area contributed by atoms with E-state index in [0.717, 1.165) is 30.4 Å². The summed E-state index contributed by atoms with van der Waals surface area (Å²) in [5, 5.41) is 0.636. The maximum atomic E-state index is 12.8. The second-order valence-electron chi connectivity index (χ2n) is 10.1. The SMILES string of the molecule is C/C(F)=C\C=C(/C)CCS(=O)NCCc1ccc(C2CCC(C(C)CNSC(C)C)CC2)cc1. The molecule has 0 amide bonds. The zero-order valence-corrected chi connectivity index (χ0v) is 23.4. The van der Waals surface area contributed by atoms with Crippen molar-refractivity contribution in [1.82, 2.24) is 9.44 Å². The lowest BCUT2D eigenvalue weighted by Gasteiger charge is -2.32. The molecule has 6 heteroatoms. The van der Waals surface area contributed by atoms with Crippen molar-refractivity contribution in [2.75, 3.05) is 18.8 Å². The maximum absolute atomic E-state index is 12.8. The molecule has 0 saturated heterocycles. The number of hydrogen-bond donors (Lipinski definition) is 2. The van der Waals surface area contributed by atoms with Gasteiger partial charge >= 0.3 is 0 Å². The van der Waals surface area contributed by atoms with Crippen molar-refractivity contribution in [3.8, 4) is 0 Å². The molecule has 0 radical (unpaired) electrons. The van der Waals surface area contributed by atoms with E-state index in [1.54, 1.807) is 6.08 Å². The average molecular weight is 509 g/mol. The second kappa shape index (κ2) is 15.9. The Labute approximate surface area is 214 Å². The van der Waals surface area contributed by atoms with Crippen LogP contribution < -0.4 is 9.44 Å². The highest BCUT2D eigenvalue weighted by atomic mass is 32.2. The van der Waals surface area contributed by atoms with Gasteiger partial charge in [-0.15, -0.1) is 0 Å². The van der Waals surface area contributed by atoms with Crippen molar-refractivity contribution in [3.63, 3.8) is 0 Å². The molecule has 1 aromatic rings. The highest BCUT2D eigenvalue weighted by molar-refractivity contribution is 7.97. The molecule has 0 bridgehead atoms. The zero-order valence-electron chi connectivity index (χ0n) is 21.7. The molecule has 1 fully saturated rings. The van der Waals surface area contributed by atoms with E-state index in [1.807, 2.05) is 18.9 Å². The van der Waals surface area contributed by atoms with Gasteiger partial charge in [0.05, 0.1) is 16.8 Å². The quantitative estimate of drug-likeness (QED) is 0.205. The number of allylic oxidation sites excluding steroid dienone is 4. The molecule has 2 rings (SSSR count). The van der Waals surface area contributed by atoms with Gasteiger partial charge in [-0.05, 0) is 87.3 Å². The third-order valence-electron chi connectivity index (χ3n) is 6.71. The van der Waals surface area contributed by atoms with Crippen molar-refractivity contribution in [3.05, 3.63) is 58.9 Å². The topological polar surface area (TPSA) is 41.1 Å². The second-order valence-corrected chi connectivity index (χ2v) is 12.9. The van der Waals surface area contributed by atoms with Crippen LogP contribution in [0.25, 0.3) is 0 Å². The first-order valence-electron chi connectivity index (χ1n) is 12.8. The molecule has 1 aliphatic rings. The summed E-state index contributed by atoms with van der Waals surface area (Å²) in [5.74, 6) is 2.61. The largest absolute Gasteiger partial charge is 0.264 e. The number of halogens is 1. The average Bonchev–Trinajstić information content (AvgIpc) is 2.81. The Hall–Kier alpha value is -0.950. The molecule has 2 unspecified atom stereocenters. The first kappa shape index (κ1) is 29.3. The molecule has 34 heavy (non-hydrogen) atoms. The van der Waals surface area contributed by atoms with Crippen LogP contribution in [0.5, 0.6) is 0 Å². The summed E-state index contributed by atoms with van der Waals surface area (Å²) in [6.07, 6.45) is 10.0. The van der Waals surface area contributed by atoms with Crippen LogP contribution in [0, 0.1) is 11.8 Å². The van der Waals surface area contributed by atoms with E-state index in [-0.39, 0.29) is 5.83 Å². The van der Waals surface area contributed by atoms with Gasteiger partial charge < -0.3 is 0 Å². The fourth-order valence-corrected chi connectivity index (χ4v) is 6.14. The molecular weight excluding hydrogens is 463 g/mol. The van der Waals surface area contributed by atoms with Crippen LogP contribution >= 0.6 is 11.9 Å². The van der Waals surface area contributed by atoms with Crippen LogP contribution in [0.2, 0.25) is 0 Å². The predicted molar refractivity (Wildman–Crippen MR) is 149 cm³/mol. The van der Waals surface area contributed by atoms with Gasteiger partial charge in [0.15, 0.2) is 0 Å². The molecule has 2 atom stereocenters. The van der Waals surface area contributed by atoms with Gasteiger partial charge in [-0.1, -0.05) is 68.6 Å². The molecule has 0 aromatic heterocycles. The number of benzene rings is 1. The van der Waals surface area contributed by atoms with E-state index in [2.05, 4.69) is 54.5 Å². The van der Waals surface area contributed by atoms with Gasteiger partial charge in [0.2, 0.25) is 0 Å². The first-order valence-corrected chi connectivity index (χ1v) is 15.0. The Bertz CT molecular complexity index is 795. The minimum Gasteiger partial charge on any atom is -0.264 e. The molecule has 1 aromatic carbocycles. The highest BCUT2D eigenvalue weighted by Crippen LogP contribution is 2.38. The van der Waals surface area contributed by atoms with Crippen molar-refractivity contribution < 1.29 is 8.60 Å². The summed E-state index contributed by atoms with van der Waals surface area (Å²) < 4.78 is 31.6. The molecular formula is C28H45FN2OS2. The highest BCUT2D eigenvalue weighted by Gasteiger charge is 2.26. The standard InChI is InChI=1S/C28H45FN2OS2/c1-21(2)33-30-20-23(4)26-12-14-28(15-13-26)27-10-8-25(9-11-27)16-18-31-34(32)19-17-22(3)6-7-24(5)29/h6-11,21,23,26,28,30-31H,12-20H2,1-5H3/b22-6+,24-7+. The van der Waals surface area contributed by atoms with E-state index in [9.17, 15) is 8.60 Å². The molecule has 2 N–H and O–H groups in total. The van der Waals surface area contributed by atoms with Crippen LogP contribution in [0.1, 0.15) is 83.8 Å². The summed E-state index contributed by atoms with van der Waals surface area (Å²) in [5.41, 5.74) is 3.79. The van der Waals surface area contributed by atoms with Gasteiger partial charge in [0, 0.05) is 24.1 Å². The lowest BCUT2D eigenvalue weighted by Crippen LogP contribution is -2.26. The van der Waals surface area contributed by atoms with Gasteiger partial charge in [-0.25, -0.2) is 13.3 Å². The van der Waals surface area contributed by atoms with E-state index >= 15 is 0 Å². The Morgan fingerprint density at radius 3 is 2.41 bits per heavy atom. The lowest BCUT2D eigenvalue weighted by molar-refractivity contribution is 0.247. The van der Waals surface area contributed by atoms with Crippen molar-refractivity contribution in [2.45, 2.75) is 84.3 Å². The number of hydrogen-bond acceptors (Lipinski definition) is 3. The Morgan fingerprint density at radius 1 is 1.12 bits per heavy atom. The first-order chi connectivity index (χ1) is 16.2. The van der Waals surface area contributed by atoms with Crippen molar-refractivity contribution in [2.24, 2.45) is 11.8 Å². The molecule has 1 aliphatic carbocycles. The Morgan fingerprint density at radius 2 is 1.79 bits per heavy atom. The van der Waals surface area contributed by atoms with Gasteiger partial charge in [-0.2, -0.15) is 0 Å². The van der Waals surface area contributed by atoms with Crippen LogP contribution in [0.4, 0.5) is 4.39 Å². The van der Waals surface area contributed by atoms with Crippen LogP contribution in [-0.4, -0.2) is 28.3 Å². The van der Waals surface area contributed by atoms with Crippen molar-refractivity contribution >= 4 is 22.9 Å². The minimum absolute atomic E-state index is 0.212. The summed E-state index contributed by atoms with van der Waals surface area (Å²) in [7, 11) is -1.06. The maximum Gasteiger partial charge on any atom is 0.0968 e. The summed E-state index contributed by atoms with van der Waals surface area (Å²) >= 11 is 1.85. The molecule has 0 spiro atoms. The van der Waals surface area contributed by atoms with Gasteiger partial charge in [-0.3, -0.25) is 4.72 Å². The lowest BCUT2D eigenvalue weighted by atomic mass is 9.74. The van der Waals surface area contributed by atoms with Crippen LogP contribution in [-0.2, 0) is 17.4 Å². The normalized spacial score (nSPS) is 21.6.